The fourth-order valence-electron chi connectivity index (χ4n) is 3.49. The third kappa shape index (κ3) is 4.34. The van der Waals surface area contributed by atoms with Crippen LogP contribution in [0.2, 0.25) is 0 Å². The molecular weight excluding hydrogens is 495 g/mol. The maximum absolute atomic E-state index is 13.5. The minimum atomic E-state index is -6.08. The van der Waals surface area contributed by atoms with Gasteiger partial charge in [-0.05, 0) is 23.6 Å². The van der Waals surface area contributed by atoms with Crippen LogP contribution in [0.25, 0.3) is 10.8 Å². The standard InChI is InChI=1S/C22H18F3NO8S/c1-26(15-6-4-5-12-7-19-20(8-13(12)15)33-11-32-19)21(27)14-9-17(30-2)18(31-3)10-16(14)34-35(28,29)22(23,24)25/h4-10H,11H2,1-3H3. The van der Waals surface area contributed by atoms with Gasteiger partial charge < -0.3 is 28.0 Å². The van der Waals surface area contributed by atoms with Crippen molar-refractivity contribution in [2.24, 2.45) is 0 Å². The molecule has 1 aliphatic rings. The Hall–Kier alpha value is -3.87. The minimum absolute atomic E-state index is 0.0257. The molecule has 4 rings (SSSR count). The molecule has 3 aromatic rings. The van der Waals surface area contributed by atoms with Gasteiger partial charge in [0, 0.05) is 24.6 Å². The van der Waals surface area contributed by atoms with Gasteiger partial charge in [-0.15, -0.1) is 0 Å². The number of benzene rings is 3. The van der Waals surface area contributed by atoms with Crippen molar-refractivity contribution in [3.05, 3.63) is 48.0 Å². The Morgan fingerprint density at radius 1 is 0.971 bits per heavy atom. The largest absolute Gasteiger partial charge is 0.534 e. The van der Waals surface area contributed by atoms with Gasteiger partial charge in [0.05, 0.1) is 25.5 Å². The van der Waals surface area contributed by atoms with Gasteiger partial charge in [0.2, 0.25) is 6.79 Å². The first-order chi connectivity index (χ1) is 16.5. The molecule has 9 nitrogen and oxygen atoms in total. The van der Waals surface area contributed by atoms with Crippen molar-refractivity contribution < 1.29 is 49.5 Å². The molecule has 1 aliphatic heterocycles. The number of rotatable bonds is 6. The van der Waals surface area contributed by atoms with E-state index in [0.29, 0.717) is 28.0 Å². The molecule has 0 saturated heterocycles. The van der Waals surface area contributed by atoms with E-state index in [9.17, 15) is 26.4 Å². The number of halogens is 3. The van der Waals surface area contributed by atoms with E-state index in [2.05, 4.69) is 4.18 Å². The average Bonchev–Trinajstić information content (AvgIpc) is 3.27. The molecule has 0 radical (unpaired) electrons. The highest BCUT2D eigenvalue weighted by molar-refractivity contribution is 7.88. The molecule has 0 bridgehead atoms. The molecule has 3 aromatic carbocycles. The summed E-state index contributed by atoms with van der Waals surface area (Å²) in [6.07, 6.45) is 0. The first-order valence-electron chi connectivity index (χ1n) is 9.84. The number of carbonyl (C=O) groups excluding carboxylic acids is 1. The molecule has 0 aliphatic carbocycles. The van der Waals surface area contributed by atoms with Crippen molar-refractivity contribution in [3.8, 4) is 28.7 Å². The lowest BCUT2D eigenvalue weighted by Crippen LogP contribution is -2.30. The molecule has 0 spiro atoms. The Balaban J connectivity index is 1.83. The Morgan fingerprint density at radius 2 is 1.60 bits per heavy atom. The number of anilines is 1. The zero-order chi connectivity index (χ0) is 25.5. The van der Waals surface area contributed by atoms with Gasteiger partial charge in [0.1, 0.15) is 0 Å². The summed E-state index contributed by atoms with van der Waals surface area (Å²) in [7, 11) is -2.27. The Kier molecular flexibility index (Phi) is 6.05. The summed E-state index contributed by atoms with van der Waals surface area (Å²) >= 11 is 0. The number of hydrogen-bond donors (Lipinski definition) is 0. The van der Waals surface area contributed by atoms with Crippen molar-refractivity contribution >= 4 is 32.5 Å². The van der Waals surface area contributed by atoms with Crippen LogP contribution in [0.1, 0.15) is 10.4 Å². The van der Waals surface area contributed by atoms with Gasteiger partial charge in [-0.25, -0.2) is 0 Å². The lowest BCUT2D eigenvalue weighted by Gasteiger charge is -2.22. The topological polar surface area (TPSA) is 101 Å². The summed E-state index contributed by atoms with van der Waals surface area (Å²) in [6, 6.07) is 10.3. The minimum Gasteiger partial charge on any atom is -0.493 e. The van der Waals surface area contributed by atoms with Crippen LogP contribution < -0.4 is 28.0 Å². The van der Waals surface area contributed by atoms with Gasteiger partial charge in [-0.1, -0.05) is 12.1 Å². The van der Waals surface area contributed by atoms with Gasteiger partial charge in [0.25, 0.3) is 5.91 Å². The zero-order valence-electron chi connectivity index (χ0n) is 18.5. The number of methoxy groups -OCH3 is 2. The highest BCUT2D eigenvalue weighted by atomic mass is 32.2. The van der Waals surface area contributed by atoms with E-state index in [1.807, 2.05) is 0 Å². The third-order valence-corrected chi connectivity index (χ3v) is 6.18. The van der Waals surface area contributed by atoms with E-state index in [0.717, 1.165) is 17.0 Å². The first-order valence-corrected chi connectivity index (χ1v) is 11.2. The molecular formula is C22H18F3NO8S. The Morgan fingerprint density at radius 3 is 2.23 bits per heavy atom. The van der Waals surface area contributed by atoms with Crippen LogP contribution in [-0.2, 0) is 10.1 Å². The molecule has 0 N–H and O–H groups in total. The second-order valence-corrected chi connectivity index (χ2v) is 8.79. The molecule has 0 atom stereocenters. The van der Waals surface area contributed by atoms with E-state index in [4.69, 9.17) is 18.9 Å². The molecule has 0 aromatic heterocycles. The summed E-state index contributed by atoms with van der Waals surface area (Å²) in [5, 5.41) is 1.29. The van der Waals surface area contributed by atoms with Crippen molar-refractivity contribution in [2.75, 3.05) is 33.0 Å². The fraction of sp³-hybridized carbons (Fsp3) is 0.227. The monoisotopic (exact) mass is 513 g/mol. The normalized spacial score (nSPS) is 13.0. The number of nitrogens with zero attached hydrogens (tertiary/aromatic N) is 1. The molecule has 35 heavy (non-hydrogen) atoms. The highest BCUT2D eigenvalue weighted by Gasteiger charge is 2.49. The summed E-state index contributed by atoms with van der Waals surface area (Å²) in [5.41, 5.74) is -5.86. The number of alkyl halides is 3. The number of hydrogen-bond acceptors (Lipinski definition) is 8. The first kappa shape index (κ1) is 24.3. The molecule has 1 amide bonds. The second kappa shape index (κ2) is 8.73. The molecule has 0 saturated carbocycles. The van der Waals surface area contributed by atoms with Crippen molar-refractivity contribution in [1.82, 2.24) is 0 Å². The highest BCUT2D eigenvalue weighted by Crippen LogP contribution is 2.41. The summed E-state index contributed by atoms with van der Waals surface area (Å²) < 4.78 is 87.7. The number of amides is 1. The molecule has 13 heteroatoms. The van der Waals surface area contributed by atoms with Crippen LogP contribution in [0, 0.1) is 0 Å². The van der Waals surface area contributed by atoms with Crippen molar-refractivity contribution in [3.63, 3.8) is 0 Å². The lowest BCUT2D eigenvalue weighted by atomic mass is 10.1. The van der Waals surface area contributed by atoms with Crippen LogP contribution >= 0.6 is 0 Å². The van der Waals surface area contributed by atoms with E-state index in [1.54, 1.807) is 30.3 Å². The quantitative estimate of drug-likeness (QED) is 0.359. The van der Waals surface area contributed by atoms with Gasteiger partial charge in [-0.3, -0.25) is 4.79 Å². The average molecular weight is 513 g/mol. The third-order valence-electron chi connectivity index (χ3n) is 5.22. The number of carbonyl (C=O) groups is 1. The summed E-state index contributed by atoms with van der Waals surface area (Å²) in [6.45, 7) is 0.0375. The smallest absolute Gasteiger partial charge is 0.493 e. The van der Waals surface area contributed by atoms with Crippen LogP contribution in [0.3, 0.4) is 0 Å². The van der Waals surface area contributed by atoms with Gasteiger partial charge >= 0.3 is 15.6 Å². The predicted molar refractivity (Wildman–Crippen MR) is 118 cm³/mol. The summed E-state index contributed by atoms with van der Waals surface area (Å²) in [4.78, 5) is 14.6. The van der Waals surface area contributed by atoms with E-state index in [-0.39, 0.29) is 18.3 Å². The van der Waals surface area contributed by atoms with Crippen molar-refractivity contribution in [1.29, 1.82) is 0 Å². The van der Waals surface area contributed by atoms with Crippen LogP contribution in [-0.4, -0.2) is 47.9 Å². The Bertz CT molecular complexity index is 1420. The van der Waals surface area contributed by atoms with E-state index < -0.39 is 32.8 Å². The Labute approximate surface area is 197 Å². The van der Waals surface area contributed by atoms with Crippen LogP contribution in [0.4, 0.5) is 18.9 Å². The lowest BCUT2D eigenvalue weighted by molar-refractivity contribution is -0.0500. The van der Waals surface area contributed by atoms with E-state index in [1.165, 1.54) is 21.3 Å². The van der Waals surface area contributed by atoms with Gasteiger partial charge in [0.15, 0.2) is 28.7 Å². The second-order valence-electron chi connectivity index (χ2n) is 7.25. The van der Waals surface area contributed by atoms with Crippen LogP contribution in [0.15, 0.2) is 42.5 Å². The summed E-state index contributed by atoms with van der Waals surface area (Å²) in [5.74, 6) is -0.939. The number of ether oxygens (including phenoxy) is 4. The van der Waals surface area contributed by atoms with E-state index >= 15 is 0 Å². The maximum atomic E-state index is 13.5. The fourth-order valence-corrected chi connectivity index (χ4v) is 3.96. The van der Waals surface area contributed by atoms with Gasteiger partial charge in [-0.2, -0.15) is 21.6 Å². The predicted octanol–water partition coefficient (Wildman–Crippen LogP) is 4.09. The molecule has 0 unspecified atom stereocenters. The zero-order valence-corrected chi connectivity index (χ0v) is 19.3. The molecule has 0 fully saturated rings. The van der Waals surface area contributed by atoms with Crippen molar-refractivity contribution in [2.45, 2.75) is 5.51 Å². The maximum Gasteiger partial charge on any atom is 0.534 e. The molecule has 1 heterocycles. The SMILES string of the molecule is COc1cc(OS(=O)(=O)C(F)(F)F)c(C(=O)N(C)c2cccc3cc4c(cc23)OCO4)cc1OC. The van der Waals surface area contributed by atoms with Crippen LogP contribution in [0.5, 0.6) is 28.7 Å². The number of fused-ring (bicyclic) bond motifs is 2. The molecule has 186 valence electrons.